The van der Waals surface area contributed by atoms with Gasteiger partial charge in [-0.15, -0.1) is 0 Å². The molecule has 0 fully saturated rings. The van der Waals surface area contributed by atoms with Gasteiger partial charge in [0.1, 0.15) is 0 Å². The van der Waals surface area contributed by atoms with Crippen LogP contribution >= 0.6 is 0 Å². The number of rotatable bonds is 12. The van der Waals surface area contributed by atoms with Gasteiger partial charge in [0.25, 0.3) is 0 Å². The van der Waals surface area contributed by atoms with E-state index >= 15 is 0 Å². The predicted molar refractivity (Wildman–Crippen MR) is 83.3 cm³/mol. The van der Waals surface area contributed by atoms with Crippen molar-refractivity contribution in [3.05, 3.63) is 0 Å². The molecule has 0 aromatic carbocycles. The highest BCUT2D eigenvalue weighted by atomic mass is 28.4. The standard InChI is InChI=1S/C11H28N2O3Si.H4Si/c1-4-14-17(15-5-2,16-6-3)11-7-9-13-10-8-12;/h13H,4-12H2,1-3H3;1H4. The molecule has 0 amide bonds. The minimum atomic E-state index is -2.43. The summed E-state index contributed by atoms with van der Waals surface area (Å²) in [5.74, 6) is 0. The van der Waals surface area contributed by atoms with Gasteiger partial charge >= 0.3 is 8.80 Å². The maximum atomic E-state index is 5.76. The Morgan fingerprint density at radius 2 is 1.44 bits per heavy atom. The molecule has 0 aromatic heterocycles. The first kappa shape index (κ1) is 20.5. The Morgan fingerprint density at radius 1 is 0.944 bits per heavy atom. The van der Waals surface area contributed by atoms with Gasteiger partial charge in [-0.1, -0.05) is 0 Å². The fraction of sp³-hybridized carbons (Fsp3) is 1.00. The molecular weight excluding hydrogens is 264 g/mol. The second-order valence-electron chi connectivity index (χ2n) is 3.62. The molecule has 0 aliphatic heterocycles. The molecular formula is C11H32N2O3Si2. The molecule has 18 heavy (non-hydrogen) atoms. The molecule has 0 spiro atoms. The first-order chi connectivity index (χ1) is 8.24. The molecule has 7 heteroatoms. The Balaban J connectivity index is 0. The lowest BCUT2D eigenvalue weighted by atomic mass is 10.5. The molecule has 0 aliphatic rings. The first-order valence-electron chi connectivity index (χ1n) is 6.57. The van der Waals surface area contributed by atoms with E-state index in [0.717, 1.165) is 25.6 Å². The smallest absolute Gasteiger partial charge is 0.374 e. The summed E-state index contributed by atoms with van der Waals surface area (Å²) < 4.78 is 17.3. The lowest BCUT2D eigenvalue weighted by molar-refractivity contribution is 0.0708. The predicted octanol–water partition coefficient (Wildman–Crippen LogP) is -0.478. The minimum Gasteiger partial charge on any atom is -0.374 e. The molecule has 0 bridgehead atoms. The van der Waals surface area contributed by atoms with E-state index in [1.54, 1.807) is 0 Å². The van der Waals surface area contributed by atoms with Crippen LogP contribution in [0.2, 0.25) is 6.04 Å². The summed E-state index contributed by atoms with van der Waals surface area (Å²) in [6.45, 7) is 10.3. The molecule has 0 rings (SSSR count). The van der Waals surface area contributed by atoms with Crippen LogP contribution in [-0.2, 0) is 13.3 Å². The van der Waals surface area contributed by atoms with Crippen molar-refractivity contribution in [1.82, 2.24) is 5.32 Å². The summed E-state index contributed by atoms with van der Waals surface area (Å²) in [5.41, 5.74) is 5.41. The van der Waals surface area contributed by atoms with Gasteiger partial charge in [-0.3, -0.25) is 0 Å². The maximum Gasteiger partial charge on any atom is 0.500 e. The Labute approximate surface area is 117 Å². The van der Waals surface area contributed by atoms with Crippen LogP contribution in [0.1, 0.15) is 27.2 Å². The van der Waals surface area contributed by atoms with Gasteiger partial charge in [0, 0.05) is 39.0 Å². The van der Waals surface area contributed by atoms with E-state index < -0.39 is 8.80 Å². The fourth-order valence-corrected chi connectivity index (χ4v) is 4.27. The van der Waals surface area contributed by atoms with E-state index in [4.69, 9.17) is 19.0 Å². The first-order valence-corrected chi connectivity index (χ1v) is 8.50. The zero-order chi connectivity index (χ0) is 13.0. The van der Waals surface area contributed by atoms with Crippen LogP contribution in [0.15, 0.2) is 0 Å². The SMILES string of the molecule is CCO[Si](CCCNCCN)(OCC)OCC.[SiH4]. The summed E-state index contributed by atoms with van der Waals surface area (Å²) in [7, 11) is -2.43. The topological polar surface area (TPSA) is 65.7 Å². The molecule has 0 saturated heterocycles. The second kappa shape index (κ2) is 13.7. The summed E-state index contributed by atoms with van der Waals surface area (Å²) in [4.78, 5) is 0. The molecule has 0 aromatic rings. The molecule has 3 N–H and O–H groups in total. The molecule has 0 aliphatic carbocycles. The average Bonchev–Trinajstić information content (AvgIpc) is 2.30. The van der Waals surface area contributed by atoms with Crippen molar-refractivity contribution in [3.8, 4) is 0 Å². The van der Waals surface area contributed by atoms with Crippen LogP contribution in [-0.4, -0.2) is 59.2 Å². The Hall–Kier alpha value is 0.234. The van der Waals surface area contributed by atoms with E-state index in [1.807, 2.05) is 20.8 Å². The second-order valence-corrected chi connectivity index (χ2v) is 6.36. The van der Waals surface area contributed by atoms with Gasteiger partial charge < -0.3 is 24.3 Å². The van der Waals surface area contributed by atoms with Crippen LogP contribution in [0.4, 0.5) is 0 Å². The average molecular weight is 297 g/mol. The van der Waals surface area contributed by atoms with E-state index in [0.29, 0.717) is 26.4 Å². The van der Waals surface area contributed by atoms with Crippen LogP contribution in [0.3, 0.4) is 0 Å². The van der Waals surface area contributed by atoms with Crippen molar-refractivity contribution < 1.29 is 13.3 Å². The van der Waals surface area contributed by atoms with Crippen molar-refractivity contribution in [2.75, 3.05) is 39.5 Å². The van der Waals surface area contributed by atoms with Crippen LogP contribution in [0.5, 0.6) is 0 Å². The minimum absolute atomic E-state index is 0. The van der Waals surface area contributed by atoms with Gasteiger partial charge in [-0.05, 0) is 44.7 Å². The quantitative estimate of drug-likeness (QED) is 0.376. The van der Waals surface area contributed by atoms with Gasteiger partial charge in [-0.25, -0.2) is 0 Å². The Morgan fingerprint density at radius 3 is 1.83 bits per heavy atom. The highest BCUT2D eigenvalue weighted by Crippen LogP contribution is 2.17. The van der Waals surface area contributed by atoms with Crippen LogP contribution < -0.4 is 11.1 Å². The van der Waals surface area contributed by atoms with Crippen LogP contribution in [0.25, 0.3) is 0 Å². The summed E-state index contributed by atoms with van der Waals surface area (Å²) >= 11 is 0. The van der Waals surface area contributed by atoms with Gasteiger partial charge in [0.05, 0.1) is 0 Å². The van der Waals surface area contributed by atoms with Gasteiger partial charge in [0.15, 0.2) is 0 Å². The monoisotopic (exact) mass is 296 g/mol. The summed E-state index contributed by atoms with van der Waals surface area (Å²) in [6, 6.07) is 0.861. The molecule has 0 atom stereocenters. The van der Waals surface area contributed by atoms with Crippen LogP contribution in [0, 0.1) is 0 Å². The molecule has 0 radical (unpaired) electrons. The van der Waals surface area contributed by atoms with Crippen molar-refractivity contribution in [3.63, 3.8) is 0 Å². The lowest BCUT2D eigenvalue weighted by Gasteiger charge is -2.28. The molecule has 0 saturated carbocycles. The maximum absolute atomic E-state index is 5.76. The van der Waals surface area contributed by atoms with Crippen molar-refractivity contribution in [2.45, 2.75) is 33.2 Å². The Kier molecular flexibility index (Phi) is 15.6. The van der Waals surface area contributed by atoms with Gasteiger partial charge in [0.2, 0.25) is 0 Å². The zero-order valence-corrected chi connectivity index (χ0v) is 12.5. The third kappa shape index (κ3) is 9.20. The molecule has 5 nitrogen and oxygen atoms in total. The normalized spacial score (nSPS) is 11.3. The number of nitrogens with one attached hydrogen (secondary N) is 1. The molecule has 112 valence electrons. The van der Waals surface area contributed by atoms with Gasteiger partial charge in [-0.2, -0.15) is 0 Å². The Bertz CT molecular complexity index is 159. The highest BCUT2D eigenvalue weighted by Gasteiger charge is 2.39. The number of hydrogen-bond acceptors (Lipinski definition) is 5. The third-order valence-corrected chi connectivity index (χ3v) is 5.40. The van der Waals surface area contributed by atoms with Crippen molar-refractivity contribution >= 4 is 19.8 Å². The van der Waals surface area contributed by atoms with Crippen molar-refractivity contribution in [1.29, 1.82) is 0 Å². The fourth-order valence-electron chi connectivity index (χ4n) is 1.66. The largest absolute Gasteiger partial charge is 0.500 e. The van der Waals surface area contributed by atoms with Crippen molar-refractivity contribution in [2.24, 2.45) is 5.73 Å². The van der Waals surface area contributed by atoms with E-state index in [9.17, 15) is 0 Å². The molecule has 0 unspecified atom stereocenters. The summed E-state index contributed by atoms with van der Waals surface area (Å²) in [5, 5.41) is 3.26. The number of nitrogens with two attached hydrogens (primary N) is 1. The summed E-state index contributed by atoms with van der Waals surface area (Å²) in [6.07, 6.45) is 0.992. The van der Waals surface area contributed by atoms with E-state index in [-0.39, 0.29) is 11.0 Å². The third-order valence-electron chi connectivity index (χ3n) is 2.25. The highest BCUT2D eigenvalue weighted by molar-refractivity contribution is 6.60. The number of hydrogen-bond donors (Lipinski definition) is 2. The van der Waals surface area contributed by atoms with E-state index in [1.165, 1.54) is 0 Å². The van der Waals surface area contributed by atoms with E-state index in [2.05, 4.69) is 5.32 Å². The molecule has 0 heterocycles. The zero-order valence-electron chi connectivity index (χ0n) is 11.5. The lowest BCUT2D eigenvalue weighted by Crippen LogP contribution is -2.46.